The fraction of sp³-hybridized carbons (Fsp3) is 0.385. The summed E-state index contributed by atoms with van der Waals surface area (Å²) >= 11 is 0. The first-order valence-corrected chi connectivity index (χ1v) is 5.94. The maximum Gasteiger partial charge on any atom is 0.323 e. The highest BCUT2D eigenvalue weighted by Crippen LogP contribution is 2.27. The largest absolute Gasteiger partial charge is 0.480 e. The first kappa shape index (κ1) is 14.4. The molecule has 2 rings (SSSR count). The van der Waals surface area contributed by atoms with Crippen LogP contribution in [0, 0.1) is 11.6 Å². The second kappa shape index (κ2) is 4.82. The van der Waals surface area contributed by atoms with Crippen LogP contribution in [0.1, 0.15) is 19.7 Å². The lowest BCUT2D eigenvalue weighted by molar-refractivity contribution is -0.137. The topological polar surface area (TPSA) is 75.4 Å². The summed E-state index contributed by atoms with van der Waals surface area (Å²) in [5.74, 6) is -2.99. The van der Waals surface area contributed by atoms with E-state index in [0.29, 0.717) is 0 Å². The Morgan fingerprint density at radius 1 is 1.35 bits per heavy atom. The Bertz CT molecular complexity index is 680. The molecular formula is C13H14F2N2O3. The van der Waals surface area contributed by atoms with Gasteiger partial charge in [-0.3, -0.25) is 4.79 Å². The minimum absolute atomic E-state index is 0.154. The van der Waals surface area contributed by atoms with E-state index >= 15 is 0 Å². The smallest absolute Gasteiger partial charge is 0.323 e. The number of carbonyl (C=O) groups is 1. The zero-order chi connectivity index (χ0) is 15.1. The van der Waals surface area contributed by atoms with E-state index in [1.54, 1.807) is 13.8 Å². The predicted molar refractivity (Wildman–Crippen MR) is 67.4 cm³/mol. The number of benzene rings is 1. The summed E-state index contributed by atoms with van der Waals surface area (Å²) in [5.41, 5.74) is -0.494. The number of carboxylic acid groups (broad SMARTS) is 1. The van der Waals surface area contributed by atoms with Gasteiger partial charge in [0.05, 0.1) is 17.6 Å². The number of carboxylic acids is 1. The molecule has 20 heavy (non-hydrogen) atoms. The highest BCUT2D eigenvalue weighted by Gasteiger charge is 2.28. The summed E-state index contributed by atoms with van der Waals surface area (Å²) in [4.78, 5) is 15.1. The van der Waals surface area contributed by atoms with Gasteiger partial charge < -0.3 is 14.8 Å². The van der Waals surface area contributed by atoms with Crippen LogP contribution < -0.4 is 0 Å². The minimum atomic E-state index is -1.14. The number of fused-ring (bicyclic) bond motifs is 1. The number of nitrogens with zero attached hydrogens (tertiary/aromatic N) is 2. The third-order valence-electron chi connectivity index (χ3n) is 3.08. The zero-order valence-corrected chi connectivity index (χ0v) is 11.0. The van der Waals surface area contributed by atoms with Crippen LogP contribution in [0.3, 0.4) is 0 Å². The highest BCUT2D eigenvalue weighted by atomic mass is 19.2. The molecule has 1 aromatic carbocycles. The number of imidazole rings is 1. The molecule has 0 aliphatic carbocycles. The van der Waals surface area contributed by atoms with Crippen molar-refractivity contribution in [2.45, 2.75) is 25.8 Å². The van der Waals surface area contributed by atoms with Gasteiger partial charge in [0.2, 0.25) is 0 Å². The van der Waals surface area contributed by atoms with Gasteiger partial charge in [0, 0.05) is 17.5 Å². The lowest BCUT2D eigenvalue weighted by atomic mass is 9.94. The van der Waals surface area contributed by atoms with Gasteiger partial charge in [0.15, 0.2) is 11.6 Å². The number of aromatic nitrogens is 2. The van der Waals surface area contributed by atoms with Crippen molar-refractivity contribution in [1.82, 2.24) is 9.55 Å². The number of hydrogen-bond acceptors (Lipinski definition) is 3. The molecule has 1 heterocycles. The summed E-state index contributed by atoms with van der Waals surface area (Å²) < 4.78 is 27.9. The molecule has 5 nitrogen and oxygen atoms in total. The standard InChI is InChI=1S/C13H14F2N2O3/c1-13(2,6-18)12-16-9-3-7(14)8(15)4-10(9)17(12)5-11(19)20/h3-4,18H,5-6H2,1-2H3,(H,19,20). The molecule has 0 fully saturated rings. The quantitative estimate of drug-likeness (QED) is 0.895. The highest BCUT2D eigenvalue weighted by molar-refractivity contribution is 5.79. The lowest BCUT2D eigenvalue weighted by Gasteiger charge is -2.22. The van der Waals surface area contributed by atoms with Crippen LogP contribution >= 0.6 is 0 Å². The van der Waals surface area contributed by atoms with E-state index in [1.165, 1.54) is 4.57 Å². The molecule has 0 aliphatic heterocycles. The summed E-state index contributed by atoms with van der Waals surface area (Å²) in [5, 5.41) is 18.3. The van der Waals surface area contributed by atoms with Crippen molar-refractivity contribution in [2.24, 2.45) is 0 Å². The first-order valence-electron chi connectivity index (χ1n) is 5.94. The predicted octanol–water partition coefficient (Wildman–Crippen LogP) is 1.67. The number of rotatable bonds is 4. The number of hydrogen-bond donors (Lipinski definition) is 2. The molecule has 0 saturated heterocycles. The van der Waals surface area contributed by atoms with Gasteiger partial charge in [-0.25, -0.2) is 13.8 Å². The second-order valence-corrected chi connectivity index (χ2v) is 5.21. The molecule has 0 spiro atoms. The van der Waals surface area contributed by atoms with Gasteiger partial charge in [-0.15, -0.1) is 0 Å². The molecule has 7 heteroatoms. The molecule has 0 bridgehead atoms. The van der Waals surface area contributed by atoms with Gasteiger partial charge in [-0.1, -0.05) is 13.8 Å². The molecule has 108 valence electrons. The van der Waals surface area contributed by atoms with Gasteiger partial charge in [-0.05, 0) is 0 Å². The SMILES string of the molecule is CC(C)(CO)c1nc2cc(F)c(F)cc2n1CC(=O)O. The molecule has 0 atom stereocenters. The Hall–Kier alpha value is -2.02. The Labute approximate surface area is 113 Å². The average molecular weight is 284 g/mol. The van der Waals surface area contributed by atoms with E-state index in [1.807, 2.05) is 0 Å². The van der Waals surface area contributed by atoms with Crippen molar-refractivity contribution in [3.8, 4) is 0 Å². The zero-order valence-electron chi connectivity index (χ0n) is 11.0. The summed E-state index contributed by atoms with van der Waals surface area (Å²) in [6.45, 7) is 2.61. The van der Waals surface area contributed by atoms with Gasteiger partial charge in [0.1, 0.15) is 12.4 Å². The van der Waals surface area contributed by atoms with Crippen LogP contribution in [0.15, 0.2) is 12.1 Å². The normalized spacial score (nSPS) is 12.1. The molecule has 0 saturated carbocycles. The van der Waals surface area contributed by atoms with Gasteiger partial charge >= 0.3 is 5.97 Å². The molecule has 0 aliphatic rings. The summed E-state index contributed by atoms with van der Waals surface area (Å²) in [7, 11) is 0. The van der Waals surface area contributed by atoms with Crippen LogP contribution in [0.4, 0.5) is 8.78 Å². The fourth-order valence-corrected chi connectivity index (χ4v) is 2.00. The van der Waals surface area contributed by atoms with Crippen molar-refractivity contribution in [3.05, 3.63) is 29.6 Å². The Morgan fingerprint density at radius 2 is 1.95 bits per heavy atom. The Kier molecular flexibility index (Phi) is 3.47. The van der Waals surface area contributed by atoms with Crippen molar-refractivity contribution < 1.29 is 23.8 Å². The van der Waals surface area contributed by atoms with Gasteiger partial charge in [-0.2, -0.15) is 0 Å². The Balaban J connectivity index is 2.76. The number of halogens is 2. The van der Waals surface area contributed by atoms with Crippen molar-refractivity contribution in [1.29, 1.82) is 0 Å². The van der Waals surface area contributed by atoms with Crippen molar-refractivity contribution >= 4 is 17.0 Å². The lowest BCUT2D eigenvalue weighted by Crippen LogP contribution is -2.28. The van der Waals surface area contributed by atoms with Crippen LogP contribution in [0.2, 0.25) is 0 Å². The molecule has 2 aromatic rings. The minimum Gasteiger partial charge on any atom is -0.480 e. The van der Waals surface area contributed by atoms with E-state index in [-0.39, 0.29) is 23.5 Å². The maximum absolute atomic E-state index is 13.3. The van der Waals surface area contributed by atoms with E-state index in [9.17, 15) is 18.7 Å². The Morgan fingerprint density at radius 3 is 2.50 bits per heavy atom. The summed E-state index contributed by atoms with van der Waals surface area (Å²) in [6.07, 6.45) is 0. The maximum atomic E-state index is 13.3. The van der Waals surface area contributed by atoms with Crippen LogP contribution in [-0.2, 0) is 16.8 Å². The number of aliphatic hydroxyl groups is 1. The summed E-state index contributed by atoms with van der Waals surface area (Å²) in [6, 6.07) is 1.83. The molecule has 1 aromatic heterocycles. The van der Waals surface area contributed by atoms with Crippen LogP contribution in [0.5, 0.6) is 0 Å². The van der Waals surface area contributed by atoms with E-state index < -0.39 is 29.6 Å². The first-order chi connectivity index (χ1) is 9.26. The monoisotopic (exact) mass is 284 g/mol. The van der Waals surface area contributed by atoms with E-state index in [4.69, 9.17) is 5.11 Å². The second-order valence-electron chi connectivity index (χ2n) is 5.21. The van der Waals surface area contributed by atoms with Gasteiger partial charge in [0.25, 0.3) is 0 Å². The molecule has 0 amide bonds. The van der Waals surface area contributed by atoms with E-state index in [0.717, 1.165) is 12.1 Å². The molecule has 2 N–H and O–H groups in total. The van der Waals surface area contributed by atoms with Crippen molar-refractivity contribution in [3.63, 3.8) is 0 Å². The fourth-order valence-electron chi connectivity index (χ4n) is 2.00. The molecular weight excluding hydrogens is 270 g/mol. The number of aliphatic hydroxyl groups excluding tert-OH is 1. The van der Waals surface area contributed by atoms with E-state index in [2.05, 4.69) is 4.98 Å². The third kappa shape index (κ3) is 2.36. The molecule has 0 unspecified atom stereocenters. The molecule has 0 radical (unpaired) electrons. The van der Waals surface area contributed by atoms with Crippen molar-refractivity contribution in [2.75, 3.05) is 6.61 Å². The number of aliphatic carboxylic acids is 1. The third-order valence-corrected chi connectivity index (χ3v) is 3.08. The van der Waals surface area contributed by atoms with Crippen LogP contribution in [-0.4, -0.2) is 32.3 Å². The average Bonchev–Trinajstić information content (AvgIpc) is 2.68. The van der Waals surface area contributed by atoms with Crippen LogP contribution in [0.25, 0.3) is 11.0 Å².